The SMILES string of the molecule is CC1(C)CCN(C(=O)c2ccnc(Br)c2)CCS1. The van der Waals surface area contributed by atoms with Crippen molar-refractivity contribution in [3.05, 3.63) is 28.5 Å². The molecule has 0 saturated carbocycles. The van der Waals surface area contributed by atoms with Gasteiger partial charge in [0.05, 0.1) is 0 Å². The van der Waals surface area contributed by atoms with Crippen LogP contribution in [0.3, 0.4) is 0 Å². The highest BCUT2D eigenvalue weighted by atomic mass is 79.9. The maximum absolute atomic E-state index is 12.4. The summed E-state index contributed by atoms with van der Waals surface area (Å²) in [6.45, 7) is 6.15. The Hall–Kier alpha value is -0.550. The summed E-state index contributed by atoms with van der Waals surface area (Å²) in [5.41, 5.74) is 0.710. The van der Waals surface area contributed by atoms with E-state index in [4.69, 9.17) is 0 Å². The van der Waals surface area contributed by atoms with Gasteiger partial charge in [0.2, 0.25) is 0 Å². The molecule has 0 aromatic carbocycles. The van der Waals surface area contributed by atoms with Gasteiger partial charge in [-0.3, -0.25) is 4.79 Å². The van der Waals surface area contributed by atoms with Crippen LogP contribution < -0.4 is 0 Å². The van der Waals surface area contributed by atoms with Crippen LogP contribution in [0, 0.1) is 0 Å². The van der Waals surface area contributed by atoms with Crippen LogP contribution in [0.15, 0.2) is 22.9 Å². The quantitative estimate of drug-likeness (QED) is 0.742. The molecule has 5 heteroatoms. The number of nitrogens with zero attached hydrogens (tertiary/aromatic N) is 2. The molecule has 18 heavy (non-hydrogen) atoms. The number of hydrogen-bond donors (Lipinski definition) is 0. The van der Waals surface area contributed by atoms with Crippen LogP contribution in [0.4, 0.5) is 0 Å². The molecule has 3 nitrogen and oxygen atoms in total. The predicted octanol–water partition coefficient (Wildman–Crippen LogP) is 3.20. The fourth-order valence-electron chi connectivity index (χ4n) is 1.94. The summed E-state index contributed by atoms with van der Waals surface area (Å²) in [5.74, 6) is 1.11. The van der Waals surface area contributed by atoms with Gasteiger partial charge < -0.3 is 4.90 Å². The first-order chi connectivity index (χ1) is 8.48. The molecule has 0 aliphatic carbocycles. The molecule has 0 radical (unpaired) electrons. The van der Waals surface area contributed by atoms with Gasteiger partial charge in [-0.15, -0.1) is 0 Å². The van der Waals surface area contributed by atoms with Gasteiger partial charge in [0.15, 0.2) is 0 Å². The van der Waals surface area contributed by atoms with E-state index in [1.165, 1.54) is 0 Å². The highest BCUT2D eigenvalue weighted by Crippen LogP contribution is 2.31. The Morgan fingerprint density at radius 2 is 2.28 bits per heavy atom. The number of carbonyl (C=O) groups is 1. The van der Waals surface area contributed by atoms with Crippen molar-refractivity contribution in [2.45, 2.75) is 25.0 Å². The maximum atomic E-state index is 12.4. The Balaban J connectivity index is 2.10. The smallest absolute Gasteiger partial charge is 0.254 e. The van der Waals surface area contributed by atoms with Crippen molar-refractivity contribution in [3.8, 4) is 0 Å². The second kappa shape index (κ2) is 5.61. The number of amides is 1. The average molecular weight is 329 g/mol. The van der Waals surface area contributed by atoms with Crippen molar-refractivity contribution >= 4 is 33.6 Å². The Morgan fingerprint density at radius 3 is 3.00 bits per heavy atom. The zero-order valence-electron chi connectivity index (χ0n) is 10.6. The summed E-state index contributed by atoms with van der Waals surface area (Å²) in [5, 5.41) is 0. The van der Waals surface area contributed by atoms with Crippen LogP contribution in [0.25, 0.3) is 0 Å². The minimum absolute atomic E-state index is 0.108. The largest absolute Gasteiger partial charge is 0.338 e. The monoisotopic (exact) mass is 328 g/mol. The first kappa shape index (κ1) is 13.9. The molecule has 2 rings (SSSR count). The molecule has 2 heterocycles. The number of aromatic nitrogens is 1. The molecule has 1 aliphatic rings. The second-order valence-electron chi connectivity index (χ2n) is 5.02. The van der Waals surface area contributed by atoms with Crippen molar-refractivity contribution in [1.82, 2.24) is 9.88 Å². The summed E-state index contributed by atoms with van der Waals surface area (Å²) in [6, 6.07) is 3.56. The van der Waals surface area contributed by atoms with Gasteiger partial charge >= 0.3 is 0 Å². The molecule has 0 atom stereocenters. The molecule has 0 unspecified atom stereocenters. The van der Waals surface area contributed by atoms with Gasteiger partial charge in [-0.1, -0.05) is 13.8 Å². The van der Waals surface area contributed by atoms with Gasteiger partial charge in [0, 0.05) is 35.3 Å². The summed E-state index contributed by atoms with van der Waals surface area (Å²) < 4.78 is 0.978. The predicted molar refractivity (Wildman–Crippen MR) is 79.0 cm³/mol. The number of pyridine rings is 1. The number of hydrogen-bond acceptors (Lipinski definition) is 3. The van der Waals surface area contributed by atoms with Crippen molar-refractivity contribution in [2.24, 2.45) is 0 Å². The molecular weight excluding hydrogens is 312 g/mol. The van der Waals surface area contributed by atoms with Crippen molar-refractivity contribution in [3.63, 3.8) is 0 Å². The van der Waals surface area contributed by atoms with E-state index in [1.54, 1.807) is 18.3 Å². The lowest BCUT2D eigenvalue weighted by atomic mass is 10.1. The van der Waals surface area contributed by atoms with Gasteiger partial charge in [-0.25, -0.2) is 4.98 Å². The van der Waals surface area contributed by atoms with Crippen LogP contribution in [0.5, 0.6) is 0 Å². The summed E-state index contributed by atoms with van der Waals surface area (Å²) in [7, 11) is 0. The lowest BCUT2D eigenvalue weighted by Gasteiger charge is -2.22. The van der Waals surface area contributed by atoms with E-state index in [9.17, 15) is 4.79 Å². The second-order valence-corrected chi connectivity index (χ2v) is 7.63. The number of thioether (sulfide) groups is 1. The van der Waals surface area contributed by atoms with Crippen LogP contribution in [0.2, 0.25) is 0 Å². The van der Waals surface area contributed by atoms with E-state index in [-0.39, 0.29) is 10.7 Å². The topological polar surface area (TPSA) is 33.2 Å². The fourth-order valence-corrected chi connectivity index (χ4v) is 3.41. The van der Waals surface area contributed by atoms with E-state index in [0.717, 1.165) is 25.3 Å². The zero-order chi connectivity index (χ0) is 13.2. The van der Waals surface area contributed by atoms with Crippen molar-refractivity contribution in [1.29, 1.82) is 0 Å². The van der Waals surface area contributed by atoms with E-state index < -0.39 is 0 Å². The molecule has 1 fully saturated rings. The van der Waals surface area contributed by atoms with Gasteiger partial charge in [0.25, 0.3) is 5.91 Å². The molecule has 1 aromatic heterocycles. The van der Waals surface area contributed by atoms with E-state index in [1.807, 2.05) is 16.7 Å². The molecule has 1 amide bonds. The molecule has 0 bridgehead atoms. The minimum Gasteiger partial charge on any atom is -0.338 e. The number of halogens is 1. The van der Waals surface area contributed by atoms with Crippen molar-refractivity contribution < 1.29 is 4.79 Å². The van der Waals surface area contributed by atoms with E-state index >= 15 is 0 Å². The average Bonchev–Trinajstić information content (AvgIpc) is 2.49. The van der Waals surface area contributed by atoms with Crippen LogP contribution in [-0.4, -0.2) is 39.4 Å². The Kier molecular flexibility index (Phi) is 4.33. The third-order valence-corrected chi connectivity index (χ3v) is 4.90. The third-order valence-electron chi connectivity index (χ3n) is 3.10. The molecule has 98 valence electrons. The van der Waals surface area contributed by atoms with Crippen LogP contribution in [-0.2, 0) is 0 Å². The molecule has 0 spiro atoms. The van der Waals surface area contributed by atoms with E-state index in [2.05, 4.69) is 34.8 Å². The first-order valence-electron chi connectivity index (χ1n) is 6.03. The Labute approximate surface area is 120 Å². The van der Waals surface area contributed by atoms with Gasteiger partial charge in [0.1, 0.15) is 4.60 Å². The molecule has 1 saturated heterocycles. The molecular formula is C13H17BrN2OS. The summed E-state index contributed by atoms with van der Waals surface area (Å²) in [4.78, 5) is 18.4. The number of rotatable bonds is 1. The zero-order valence-corrected chi connectivity index (χ0v) is 13.1. The maximum Gasteiger partial charge on any atom is 0.254 e. The third kappa shape index (κ3) is 3.48. The van der Waals surface area contributed by atoms with Crippen LogP contribution >= 0.6 is 27.7 Å². The fraction of sp³-hybridized carbons (Fsp3) is 0.538. The van der Waals surface area contributed by atoms with Gasteiger partial charge in [-0.2, -0.15) is 11.8 Å². The number of carbonyl (C=O) groups excluding carboxylic acids is 1. The first-order valence-corrected chi connectivity index (χ1v) is 7.81. The summed E-state index contributed by atoms with van der Waals surface area (Å²) >= 11 is 5.25. The highest BCUT2D eigenvalue weighted by Gasteiger charge is 2.26. The molecule has 1 aromatic rings. The Bertz CT molecular complexity index is 450. The lowest BCUT2D eigenvalue weighted by Crippen LogP contribution is -2.33. The van der Waals surface area contributed by atoms with E-state index in [0.29, 0.717) is 10.2 Å². The highest BCUT2D eigenvalue weighted by molar-refractivity contribution is 9.10. The molecule has 1 aliphatic heterocycles. The standard InChI is InChI=1S/C13H17BrN2OS/c1-13(2)4-6-16(7-8-18-13)12(17)10-3-5-15-11(14)9-10/h3,5,9H,4,6-8H2,1-2H3. The summed E-state index contributed by atoms with van der Waals surface area (Å²) in [6.07, 6.45) is 2.70. The minimum atomic E-state index is 0.108. The van der Waals surface area contributed by atoms with Crippen molar-refractivity contribution in [2.75, 3.05) is 18.8 Å². The normalized spacial score (nSPS) is 19.4. The van der Waals surface area contributed by atoms with Crippen LogP contribution in [0.1, 0.15) is 30.6 Å². The lowest BCUT2D eigenvalue weighted by molar-refractivity contribution is 0.0764. The Morgan fingerprint density at radius 1 is 1.50 bits per heavy atom. The molecule has 0 N–H and O–H groups in total. The van der Waals surface area contributed by atoms with Gasteiger partial charge in [-0.05, 0) is 34.5 Å².